The van der Waals surface area contributed by atoms with Crippen molar-refractivity contribution in [1.29, 1.82) is 0 Å². The minimum atomic E-state index is -0.150. The van der Waals surface area contributed by atoms with Crippen LogP contribution >= 0.6 is 0 Å². The molecule has 21 heavy (non-hydrogen) atoms. The van der Waals surface area contributed by atoms with E-state index < -0.39 is 0 Å². The van der Waals surface area contributed by atoms with Gasteiger partial charge in [-0.25, -0.2) is 4.39 Å². The van der Waals surface area contributed by atoms with E-state index in [1.54, 1.807) is 12.1 Å². The van der Waals surface area contributed by atoms with Gasteiger partial charge in [0.2, 0.25) is 0 Å². The second kappa shape index (κ2) is 9.16. The van der Waals surface area contributed by atoms with Crippen LogP contribution in [0.4, 0.5) is 4.39 Å². The minimum absolute atomic E-state index is 0.150. The molecule has 0 bridgehead atoms. The van der Waals surface area contributed by atoms with Crippen LogP contribution in [-0.4, -0.2) is 31.6 Å². The smallest absolute Gasteiger partial charge is 0.123 e. The highest BCUT2D eigenvalue weighted by Crippen LogP contribution is 2.27. The molecule has 0 saturated heterocycles. The molecular formula is C18H31FN2. The Morgan fingerprint density at radius 1 is 1.19 bits per heavy atom. The van der Waals surface area contributed by atoms with Gasteiger partial charge in [-0.15, -0.1) is 0 Å². The Balaban J connectivity index is 2.60. The lowest BCUT2D eigenvalue weighted by Gasteiger charge is -2.36. The monoisotopic (exact) mass is 294 g/mol. The zero-order valence-electron chi connectivity index (χ0n) is 14.1. The summed E-state index contributed by atoms with van der Waals surface area (Å²) in [7, 11) is 2.13. The molecule has 0 unspecified atom stereocenters. The molecule has 3 heteroatoms. The molecule has 0 atom stereocenters. The highest BCUT2D eigenvalue weighted by Gasteiger charge is 2.27. The third-order valence-electron chi connectivity index (χ3n) is 4.37. The van der Waals surface area contributed by atoms with Crippen molar-refractivity contribution < 1.29 is 4.39 Å². The molecule has 2 nitrogen and oxygen atoms in total. The third kappa shape index (κ3) is 6.15. The number of hydrogen-bond donors (Lipinski definition) is 1. The SMILES string of the molecule is CCCNCC(CC)(CC)CN(C)Cc1cccc(F)c1. The molecule has 0 spiro atoms. The Hall–Kier alpha value is -0.930. The van der Waals surface area contributed by atoms with Gasteiger partial charge < -0.3 is 10.2 Å². The number of halogens is 1. The molecular weight excluding hydrogens is 263 g/mol. The number of rotatable bonds is 10. The van der Waals surface area contributed by atoms with E-state index in [2.05, 4.69) is 38.0 Å². The summed E-state index contributed by atoms with van der Waals surface area (Å²) in [6.45, 7) is 10.7. The molecule has 1 N–H and O–H groups in total. The van der Waals surface area contributed by atoms with E-state index in [4.69, 9.17) is 0 Å². The number of nitrogens with zero attached hydrogens (tertiary/aromatic N) is 1. The van der Waals surface area contributed by atoms with Crippen molar-refractivity contribution in [1.82, 2.24) is 10.2 Å². The maximum Gasteiger partial charge on any atom is 0.123 e. The summed E-state index contributed by atoms with van der Waals surface area (Å²) in [5, 5.41) is 3.57. The predicted molar refractivity (Wildman–Crippen MR) is 88.9 cm³/mol. The van der Waals surface area contributed by atoms with Crippen LogP contribution in [0.2, 0.25) is 0 Å². The molecule has 1 rings (SSSR count). The van der Waals surface area contributed by atoms with Crippen LogP contribution in [0.5, 0.6) is 0 Å². The zero-order chi connectivity index (χ0) is 15.7. The summed E-state index contributed by atoms with van der Waals surface area (Å²) in [4.78, 5) is 2.31. The Morgan fingerprint density at radius 3 is 2.48 bits per heavy atom. The Morgan fingerprint density at radius 2 is 1.90 bits per heavy atom. The Labute approximate surface area is 129 Å². The van der Waals surface area contributed by atoms with Gasteiger partial charge >= 0.3 is 0 Å². The van der Waals surface area contributed by atoms with Crippen molar-refractivity contribution in [3.05, 3.63) is 35.6 Å². The fraction of sp³-hybridized carbons (Fsp3) is 0.667. The topological polar surface area (TPSA) is 15.3 Å². The average molecular weight is 294 g/mol. The first-order valence-corrected chi connectivity index (χ1v) is 8.19. The van der Waals surface area contributed by atoms with Gasteiger partial charge in [0.05, 0.1) is 0 Å². The lowest BCUT2D eigenvalue weighted by molar-refractivity contribution is 0.151. The molecule has 0 aliphatic rings. The highest BCUT2D eigenvalue weighted by molar-refractivity contribution is 5.16. The first-order valence-electron chi connectivity index (χ1n) is 8.19. The Bertz CT molecular complexity index is 402. The van der Waals surface area contributed by atoms with E-state index in [-0.39, 0.29) is 5.82 Å². The maximum absolute atomic E-state index is 13.3. The Kier molecular flexibility index (Phi) is 7.91. The van der Waals surface area contributed by atoms with Gasteiger partial charge in [0.1, 0.15) is 5.82 Å². The average Bonchev–Trinajstić information content (AvgIpc) is 2.46. The molecule has 0 saturated carbocycles. The van der Waals surface area contributed by atoms with Crippen molar-refractivity contribution in [2.24, 2.45) is 5.41 Å². The van der Waals surface area contributed by atoms with Crippen LogP contribution in [0.25, 0.3) is 0 Å². The quantitative estimate of drug-likeness (QED) is 0.655. The molecule has 0 amide bonds. The van der Waals surface area contributed by atoms with E-state index in [1.165, 1.54) is 12.5 Å². The van der Waals surface area contributed by atoms with E-state index >= 15 is 0 Å². The summed E-state index contributed by atoms with van der Waals surface area (Å²) < 4.78 is 13.3. The van der Waals surface area contributed by atoms with Crippen LogP contribution in [0.15, 0.2) is 24.3 Å². The zero-order valence-corrected chi connectivity index (χ0v) is 14.1. The fourth-order valence-electron chi connectivity index (χ4n) is 2.89. The minimum Gasteiger partial charge on any atom is -0.316 e. The van der Waals surface area contributed by atoms with Crippen LogP contribution in [-0.2, 0) is 6.54 Å². The van der Waals surface area contributed by atoms with Gasteiger partial charge in [-0.1, -0.05) is 32.9 Å². The predicted octanol–water partition coefficient (Wildman–Crippen LogP) is 4.06. The van der Waals surface area contributed by atoms with E-state index in [0.717, 1.165) is 44.6 Å². The summed E-state index contributed by atoms with van der Waals surface area (Å²) in [5.74, 6) is -0.150. The van der Waals surface area contributed by atoms with Gasteiger partial charge in [0, 0.05) is 19.6 Å². The van der Waals surface area contributed by atoms with Crippen LogP contribution in [0.1, 0.15) is 45.6 Å². The normalized spacial score (nSPS) is 12.1. The van der Waals surface area contributed by atoms with Gasteiger partial charge in [-0.3, -0.25) is 0 Å². The molecule has 1 aromatic carbocycles. The van der Waals surface area contributed by atoms with Crippen LogP contribution in [0, 0.1) is 11.2 Å². The lowest BCUT2D eigenvalue weighted by atomic mass is 9.81. The second-order valence-electron chi connectivity index (χ2n) is 6.19. The number of benzene rings is 1. The molecule has 0 aliphatic heterocycles. The lowest BCUT2D eigenvalue weighted by Crippen LogP contribution is -2.42. The van der Waals surface area contributed by atoms with Crippen molar-refractivity contribution in [2.45, 2.75) is 46.6 Å². The number of nitrogens with one attached hydrogen (secondary N) is 1. The molecule has 0 radical (unpaired) electrons. The van der Waals surface area contributed by atoms with Crippen molar-refractivity contribution in [2.75, 3.05) is 26.7 Å². The van der Waals surface area contributed by atoms with Gasteiger partial charge in [-0.2, -0.15) is 0 Å². The van der Waals surface area contributed by atoms with Crippen LogP contribution < -0.4 is 5.32 Å². The molecule has 1 aromatic rings. The van der Waals surface area contributed by atoms with Crippen molar-refractivity contribution in [3.63, 3.8) is 0 Å². The first kappa shape index (κ1) is 18.1. The van der Waals surface area contributed by atoms with Gasteiger partial charge in [0.15, 0.2) is 0 Å². The van der Waals surface area contributed by atoms with E-state index in [9.17, 15) is 4.39 Å². The molecule has 120 valence electrons. The molecule has 0 fully saturated rings. The molecule has 0 aromatic heterocycles. The number of hydrogen-bond acceptors (Lipinski definition) is 2. The first-order chi connectivity index (χ1) is 10.0. The summed E-state index contributed by atoms with van der Waals surface area (Å²) >= 11 is 0. The fourth-order valence-corrected chi connectivity index (χ4v) is 2.89. The standard InChI is InChI=1S/C18H31FN2/c1-5-11-20-14-18(6-2,7-3)15-21(4)13-16-9-8-10-17(19)12-16/h8-10,12,20H,5-7,11,13-15H2,1-4H3. The summed E-state index contributed by atoms with van der Waals surface area (Å²) in [6.07, 6.45) is 3.49. The molecule has 0 heterocycles. The maximum atomic E-state index is 13.3. The van der Waals surface area contributed by atoms with E-state index in [1.807, 2.05) is 6.07 Å². The van der Waals surface area contributed by atoms with Gasteiger partial charge in [-0.05, 0) is 56.0 Å². The molecule has 0 aliphatic carbocycles. The summed E-state index contributed by atoms with van der Waals surface area (Å²) in [5.41, 5.74) is 1.34. The highest BCUT2D eigenvalue weighted by atomic mass is 19.1. The van der Waals surface area contributed by atoms with Crippen molar-refractivity contribution >= 4 is 0 Å². The van der Waals surface area contributed by atoms with E-state index in [0.29, 0.717) is 5.41 Å². The van der Waals surface area contributed by atoms with Gasteiger partial charge in [0.25, 0.3) is 0 Å². The summed E-state index contributed by atoms with van der Waals surface area (Å²) in [6, 6.07) is 6.91. The van der Waals surface area contributed by atoms with Crippen molar-refractivity contribution in [3.8, 4) is 0 Å². The van der Waals surface area contributed by atoms with Crippen LogP contribution in [0.3, 0.4) is 0 Å². The second-order valence-corrected chi connectivity index (χ2v) is 6.19. The largest absolute Gasteiger partial charge is 0.316 e. The third-order valence-corrected chi connectivity index (χ3v) is 4.37.